The molecule has 3 N–H and O–H groups in total. The highest BCUT2D eigenvalue weighted by Crippen LogP contribution is 2.46. The Morgan fingerprint density at radius 3 is 2.27 bits per heavy atom. The summed E-state index contributed by atoms with van der Waals surface area (Å²) in [5.74, 6) is -3.62. The summed E-state index contributed by atoms with van der Waals surface area (Å²) < 4.78 is 15.4. The Labute approximate surface area is 217 Å². The zero-order chi connectivity index (χ0) is 27.3. The number of hydrogen-bond acceptors (Lipinski definition) is 10. The van der Waals surface area contributed by atoms with Gasteiger partial charge in [-0.05, 0) is 17.4 Å². The number of carboxylic acids is 1. The number of anilines is 1. The summed E-state index contributed by atoms with van der Waals surface area (Å²) in [4.78, 5) is 40.0. The molecule has 0 saturated heterocycles. The van der Waals surface area contributed by atoms with E-state index in [1.165, 1.54) is 35.9 Å². The Morgan fingerprint density at radius 2 is 1.76 bits per heavy atom. The number of rotatable bonds is 8. The molecule has 0 fully saturated rings. The first-order valence-corrected chi connectivity index (χ1v) is 12.0. The molecule has 11 heteroatoms. The number of thioether (sulfide) groups is 1. The third-order valence-corrected chi connectivity index (χ3v) is 6.59. The van der Waals surface area contributed by atoms with E-state index in [2.05, 4.69) is 6.07 Å². The van der Waals surface area contributed by atoms with Crippen LogP contribution in [0, 0.1) is 11.3 Å². The number of esters is 2. The molecule has 10 nitrogen and oxygen atoms in total. The van der Waals surface area contributed by atoms with Gasteiger partial charge in [0.05, 0.1) is 50.2 Å². The highest BCUT2D eigenvalue weighted by Gasteiger charge is 2.43. The zero-order valence-corrected chi connectivity index (χ0v) is 21.4. The van der Waals surface area contributed by atoms with Gasteiger partial charge in [0, 0.05) is 11.0 Å². The highest BCUT2D eigenvalue weighted by atomic mass is 32.2. The second-order valence-electron chi connectivity index (χ2n) is 7.59. The Morgan fingerprint density at radius 1 is 1.11 bits per heavy atom. The van der Waals surface area contributed by atoms with Crippen molar-refractivity contribution >= 4 is 35.4 Å². The summed E-state index contributed by atoms with van der Waals surface area (Å²) in [7, 11) is 3.61. The lowest BCUT2D eigenvalue weighted by molar-refractivity contribution is -0.139. The lowest BCUT2D eigenvalue weighted by Gasteiger charge is -2.36. The van der Waals surface area contributed by atoms with E-state index < -0.39 is 23.8 Å². The third-order valence-electron chi connectivity index (χ3n) is 5.66. The summed E-state index contributed by atoms with van der Waals surface area (Å²) in [5, 5.41) is 19.9. The number of methoxy groups -OCH3 is 3. The van der Waals surface area contributed by atoms with E-state index in [0.29, 0.717) is 16.2 Å². The van der Waals surface area contributed by atoms with Crippen LogP contribution in [0.5, 0.6) is 5.75 Å². The molecule has 1 atom stereocenters. The number of aromatic carboxylic acids is 1. The summed E-state index contributed by atoms with van der Waals surface area (Å²) in [6.07, 6.45) is 0. The summed E-state index contributed by atoms with van der Waals surface area (Å²) in [6.45, 7) is 1.86. The molecule has 2 aromatic rings. The second kappa shape index (κ2) is 11.5. The lowest BCUT2D eigenvalue weighted by Crippen LogP contribution is -2.41. The maximum atomic E-state index is 13.3. The number of carbonyl (C=O) groups is 3. The zero-order valence-electron chi connectivity index (χ0n) is 20.6. The molecule has 0 spiro atoms. The van der Waals surface area contributed by atoms with Gasteiger partial charge in [0.15, 0.2) is 0 Å². The van der Waals surface area contributed by atoms with Gasteiger partial charge in [-0.1, -0.05) is 37.3 Å². The topological polar surface area (TPSA) is 152 Å². The van der Waals surface area contributed by atoms with Crippen molar-refractivity contribution in [2.24, 2.45) is 5.73 Å². The molecule has 1 heterocycles. The fourth-order valence-corrected chi connectivity index (χ4v) is 4.90. The minimum Gasteiger partial charge on any atom is -0.496 e. The number of nitriles is 1. The molecule has 0 bridgehead atoms. The van der Waals surface area contributed by atoms with Gasteiger partial charge in [0.2, 0.25) is 0 Å². The Balaban J connectivity index is 2.50. The first-order chi connectivity index (χ1) is 17.7. The minimum atomic E-state index is -1.22. The first kappa shape index (κ1) is 27.2. The van der Waals surface area contributed by atoms with Gasteiger partial charge in [-0.25, -0.2) is 14.4 Å². The smallest absolute Gasteiger partial charge is 0.355 e. The van der Waals surface area contributed by atoms with E-state index in [9.17, 15) is 24.8 Å². The van der Waals surface area contributed by atoms with Crippen LogP contribution in [0.2, 0.25) is 0 Å². The van der Waals surface area contributed by atoms with Crippen molar-refractivity contribution in [2.45, 2.75) is 17.7 Å². The van der Waals surface area contributed by atoms with Gasteiger partial charge < -0.3 is 25.1 Å². The van der Waals surface area contributed by atoms with Gasteiger partial charge in [0.25, 0.3) is 0 Å². The first-order valence-electron chi connectivity index (χ1n) is 11.0. The molecule has 3 rings (SSSR count). The standard InChI is InChI=1S/C26H25N3O7S/c1-5-37-19-11-15(24(30)31)18(34-2)12-17(19)29-22(26(33)36-4)21(25(32)35-3)20(16(13-27)23(29)28)14-9-7-6-8-10-14/h6-12,20H,5,28H2,1-4H3,(H,30,31). The van der Waals surface area contributed by atoms with E-state index in [0.717, 1.165) is 14.2 Å². The monoisotopic (exact) mass is 523 g/mol. The predicted molar refractivity (Wildman–Crippen MR) is 136 cm³/mol. The van der Waals surface area contributed by atoms with Gasteiger partial charge in [-0.3, -0.25) is 4.90 Å². The molecule has 0 amide bonds. The average molecular weight is 524 g/mol. The third kappa shape index (κ3) is 4.96. The van der Waals surface area contributed by atoms with E-state index in [4.69, 9.17) is 19.9 Å². The van der Waals surface area contributed by atoms with Crippen molar-refractivity contribution in [1.29, 1.82) is 5.26 Å². The van der Waals surface area contributed by atoms with Crippen LogP contribution in [-0.4, -0.2) is 50.1 Å². The van der Waals surface area contributed by atoms with Crippen LogP contribution in [0.4, 0.5) is 5.69 Å². The van der Waals surface area contributed by atoms with Crippen molar-refractivity contribution in [2.75, 3.05) is 32.0 Å². The fourth-order valence-electron chi connectivity index (χ4n) is 4.09. The van der Waals surface area contributed by atoms with E-state index in [1.54, 1.807) is 30.3 Å². The normalized spacial score (nSPS) is 15.2. The number of nitrogens with zero attached hydrogens (tertiary/aromatic N) is 2. The molecule has 2 aromatic carbocycles. The fraction of sp³-hybridized carbons (Fsp3) is 0.231. The Kier molecular flexibility index (Phi) is 8.47. The highest BCUT2D eigenvalue weighted by molar-refractivity contribution is 7.99. The number of ether oxygens (including phenoxy) is 3. The molecular formula is C26H25N3O7S. The molecule has 1 aliphatic heterocycles. The van der Waals surface area contributed by atoms with Crippen LogP contribution in [0.15, 0.2) is 70.0 Å². The summed E-state index contributed by atoms with van der Waals surface area (Å²) in [5.41, 5.74) is 6.79. The van der Waals surface area contributed by atoms with Crippen LogP contribution in [0.3, 0.4) is 0 Å². The summed E-state index contributed by atoms with van der Waals surface area (Å²) >= 11 is 1.28. The van der Waals surface area contributed by atoms with Gasteiger partial charge in [-0.2, -0.15) is 5.26 Å². The minimum absolute atomic E-state index is 0.00650. The van der Waals surface area contributed by atoms with Crippen molar-refractivity contribution in [3.63, 3.8) is 0 Å². The van der Waals surface area contributed by atoms with Crippen LogP contribution in [-0.2, 0) is 19.1 Å². The number of benzene rings is 2. The molecule has 1 unspecified atom stereocenters. The molecule has 37 heavy (non-hydrogen) atoms. The van der Waals surface area contributed by atoms with E-state index in [-0.39, 0.29) is 39.7 Å². The largest absolute Gasteiger partial charge is 0.496 e. The maximum Gasteiger partial charge on any atom is 0.355 e. The number of carboxylic acid groups (broad SMARTS) is 1. The molecule has 1 aliphatic rings. The molecule has 0 aliphatic carbocycles. The van der Waals surface area contributed by atoms with Gasteiger partial charge in [-0.15, -0.1) is 11.8 Å². The predicted octanol–water partition coefficient (Wildman–Crippen LogP) is 3.40. The molecule has 0 aromatic heterocycles. The van der Waals surface area contributed by atoms with Crippen LogP contribution < -0.4 is 15.4 Å². The van der Waals surface area contributed by atoms with Crippen LogP contribution in [0.25, 0.3) is 0 Å². The van der Waals surface area contributed by atoms with Crippen molar-refractivity contribution < 1.29 is 33.7 Å². The number of hydrogen-bond donors (Lipinski definition) is 2. The van der Waals surface area contributed by atoms with Gasteiger partial charge in [0.1, 0.15) is 22.8 Å². The van der Waals surface area contributed by atoms with E-state index >= 15 is 0 Å². The molecular weight excluding hydrogens is 498 g/mol. The Bertz CT molecular complexity index is 1350. The summed E-state index contributed by atoms with van der Waals surface area (Å²) in [6, 6.07) is 13.5. The number of allylic oxidation sites excluding steroid dienone is 1. The molecule has 0 saturated carbocycles. The SMILES string of the molecule is CCSc1cc(C(=O)O)c(OC)cc1N1C(N)=C(C#N)C(c2ccccc2)C(C(=O)OC)=C1C(=O)OC. The second-order valence-corrected chi connectivity index (χ2v) is 8.90. The van der Waals surface area contributed by atoms with Crippen molar-refractivity contribution in [1.82, 2.24) is 0 Å². The molecule has 192 valence electrons. The molecule has 0 radical (unpaired) electrons. The van der Waals surface area contributed by atoms with Crippen LogP contribution >= 0.6 is 11.8 Å². The van der Waals surface area contributed by atoms with Crippen LogP contribution in [0.1, 0.15) is 28.8 Å². The lowest BCUT2D eigenvalue weighted by atomic mass is 9.81. The maximum absolute atomic E-state index is 13.3. The Hall–Kier alpha value is -4.43. The van der Waals surface area contributed by atoms with Crippen molar-refractivity contribution in [3.05, 3.63) is 76.3 Å². The van der Waals surface area contributed by atoms with Gasteiger partial charge >= 0.3 is 17.9 Å². The number of carbonyl (C=O) groups excluding carboxylic acids is 2. The number of nitrogens with two attached hydrogens (primary N) is 1. The average Bonchev–Trinajstić information content (AvgIpc) is 2.91. The van der Waals surface area contributed by atoms with Crippen molar-refractivity contribution in [3.8, 4) is 11.8 Å². The van der Waals surface area contributed by atoms with E-state index in [1.807, 2.05) is 6.92 Å². The quantitative estimate of drug-likeness (QED) is 0.387.